The highest BCUT2D eigenvalue weighted by molar-refractivity contribution is 7.99. The highest BCUT2D eigenvalue weighted by Gasteiger charge is 2.23. The molecule has 0 spiro atoms. The van der Waals surface area contributed by atoms with Gasteiger partial charge in [0.25, 0.3) is 5.22 Å². The lowest BCUT2D eigenvalue weighted by molar-refractivity contribution is -0.130. The van der Waals surface area contributed by atoms with E-state index in [9.17, 15) is 4.79 Å². The normalized spacial score (nSPS) is 15.3. The van der Waals surface area contributed by atoms with Gasteiger partial charge in [0.05, 0.1) is 23.3 Å². The summed E-state index contributed by atoms with van der Waals surface area (Å²) in [5, 5.41) is 0.546. The van der Waals surface area contributed by atoms with Gasteiger partial charge in [-0.05, 0) is 24.3 Å². The summed E-state index contributed by atoms with van der Waals surface area (Å²) in [5.74, 6) is 1.53. The van der Waals surface area contributed by atoms with Gasteiger partial charge in [-0.2, -0.15) is 0 Å². The van der Waals surface area contributed by atoms with E-state index in [1.807, 2.05) is 47.4 Å². The minimum Gasteiger partial charge on any atom is -0.431 e. The van der Waals surface area contributed by atoms with Crippen molar-refractivity contribution in [3.8, 4) is 0 Å². The van der Waals surface area contributed by atoms with E-state index in [0.717, 1.165) is 60.7 Å². The van der Waals surface area contributed by atoms with Crippen molar-refractivity contribution in [2.24, 2.45) is 7.05 Å². The number of piperazine rings is 1. The van der Waals surface area contributed by atoms with Gasteiger partial charge in [-0.1, -0.05) is 36.0 Å². The molecule has 0 N–H and O–H groups in total. The lowest BCUT2D eigenvalue weighted by Gasteiger charge is -2.34. The Kier molecular flexibility index (Phi) is 5.18. The summed E-state index contributed by atoms with van der Waals surface area (Å²) in [4.78, 5) is 26.1. The molecule has 1 aliphatic rings. The minimum absolute atomic E-state index is 0.129. The number of rotatable bonds is 5. The highest BCUT2D eigenvalue weighted by atomic mass is 32.2. The van der Waals surface area contributed by atoms with Crippen LogP contribution in [-0.4, -0.2) is 62.2 Å². The largest absolute Gasteiger partial charge is 0.431 e. The molecule has 8 heteroatoms. The number of benzene rings is 2. The number of nitrogens with zero attached hydrogens (tertiary/aromatic N) is 5. The Morgan fingerprint density at radius 3 is 2.50 bits per heavy atom. The van der Waals surface area contributed by atoms with Gasteiger partial charge in [-0.15, -0.1) is 0 Å². The fourth-order valence-electron chi connectivity index (χ4n) is 3.82. The Labute approximate surface area is 178 Å². The molecule has 1 saturated heterocycles. The highest BCUT2D eigenvalue weighted by Crippen LogP contribution is 2.23. The summed E-state index contributed by atoms with van der Waals surface area (Å²) in [7, 11) is 2.06. The maximum Gasteiger partial charge on any atom is 0.257 e. The van der Waals surface area contributed by atoms with Crippen LogP contribution < -0.4 is 0 Å². The van der Waals surface area contributed by atoms with Crippen molar-refractivity contribution in [2.75, 3.05) is 31.9 Å². The third kappa shape index (κ3) is 3.80. The number of aryl methyl sites for hydroxylation is 1. The molecule has 3 heterocycles. The van der Waals surface area contributed by atoms with Crippen LogP contribution >= 0.6 is 11.8 Å². The summed E-state index contributed by atoms with van der Waals surface area (Å²) in [6.45, 7) is 3.96. The molecule has 0 unspecified atom stereocenters. The third-order valence-electron chi connectivity index (χ3n) is 5.56. The van der Waals surface area contributed by atoms with Gasteiger partial charge in [0.1, 0.15) is 11.3 Å². The van der Waals surface area contributed by atoms with Crippen LogP contribution in [0, 0.1) is 0 Å². The summed E-state index contributed by atoms with van der Waals surface area (Å²) in [5.41, 5.74) is 3.75. The first-order valence-electron chi connectivity index (χ1n) is 10.1. The molecule has 1 amide bonds. The molecule has 4 aromatic rings. The zero-order valence-electron chi connectivity index (χ0n) is 16.8. The second kappa shape index (κ2) is 8.12. The predicted octanol–water partition coefficient (Wildman–Crippen LogP) is 3.15. The Bertz CT molecular complexity index is 1160. The summed E-state index contributed by atoms with van der Waals surface area (Å²) >= 11 is 1.36. The van der Waals surface area contributed by atoms with Crippen molar-refractivity contribution < 1.29 is 9.21 Å². The van der Waals surface area contributed by atoms with Crippen LogP contribution in [0.25, 0.3) is 22.1 Å². The van der Waals surface area contributed by atoms with Crippen molar-refractivity contribution in [3.63, 3.8) is 0 Å². The van der Waals surface area contributed by atoms with Crippen molar-refractivity contribution in [3.05, 3.63) is 54.4 Å². The van der Waals surface area contributed by atoms with E-state index in [2.05, 4.69) is 27.6 Å². The lowest BCUT2D eigenvalue weighted by atomic mass is 10.3. The standard InChI is InChI=1S/C22H23N5O2S/c1-25-18-8-4-2-6-16(18)23-20(25)14-26-10-12-27(13-11-26)21(28)15-30-22-24-17-7-3-5-9-19(17)29-22/h2-9H,10-15H2,1H3. The third-order valence-corrected chi connectivity index (χ3v) is 6.38. The van der Waals surface area contributed by atoms with Crippen LogP contribution in [0.15, 0.2) is 58.2 Å². The van der Waals surface area contributed by atoms with Crippen LogP contribution in [0.5, 0.6) is 0 Å². The van der Waals surface area contributed by atoms with E-state index >= 15 is 0 Å². The summed E-state index contributed by atoms with van der Waals surface area (Å²) in [6.07, 6.45) is 0. The van der Waals surface area contributed by atoms with Crippen LogP contribution in [0.2, 0.25) is 0 Å². The van der Waals surface area contributed by atoms with E-state index in [-0.39, 0.29) is 5.91 Å². The first-order valence-corrected chi connectivity index (χ1v) is 11.0. The Balaban J connectivity index is 1.14. The van der Waals surface area contributed by atoms with E-state index in [1.54, 1.807) is 0 Å². The average Bonchev–Trinajstić information content (AvgIpc) is 3.33. The maximum absolute atomic E-state index is 12.6. The molecular weight excluding hydrogens is 398 g/mol. The van der Waals surface area contributed by atoms with E-state index in [1.165, 1.54) is 11.8 Å². The molecule has 2 aromatic heterocycles. The Morgan fingerprint density at radius 2 is 1.73 bits per heavy atom. The number of aromatic nitrogens is 3. The fraction of sp³-hybridized carbons (Fsp3) is 0.318. The van der Waals surface area contributed by atoms with Crippen molar-refractivity contribution in [1.82, 2.24) is 24.3 Å². The number of para-hydroxylation sites is 4. The van der Waals surface area contributed by atoms with Crippen molar-refractivity contribution in [2.45, 2.75) is 11.8 Å². The van der Waals surface area contributed by atoms with Gasteiger partial charge in [0.2, 0.25) is 5.91 Å². The van der Waals surface area contributed by atoms with Crippen LogP contribution in [0.1, 0.15) is 5.82 Å². The number of fused-ring (bicyclic) bond motifs is 2. The molecule has 5 rings (SSSR count). The molecule has 30 heavy (non-hydrogen) atoms. The number of hydrogen-bond donors (Lipinski definition) is 0. The number of oxazole rings is 1. The van der Waals surface area contributed by atoms with Crippen molar-refractivity contribution in [1.29, 1.82) is 0 Å². The van der Waals surface area contributed by atoms with Gasteiger partial charge in [0.15, 0.2) is 5.58 Å². The molecule has 1 aliphatic heterocycles. The predicted molar refractivity (Wildman–Crippen MR) is 117 cm³/mol. The molecule has 2 aromatic carbocycles. The van der Waals surface area contributed by atoms with Crippen molar-refractivity contribution >= 4 is 39.8 Å². The zero-order valence-corrected chi connectivity index (χ0v) is 17.6. The van der Waals surface area contributed by atoms with Gasteiger partial charge in [-0.25, -0.2) is 9.97 Å². The number of carbonyl (C=O) groups excluding carboxylic acids is 1. The molecule has 0 bridgehead atoms. The van der Waals surface area contributed by atoms with E-state index in [0.29, 0.717) is 11.0 Å². The number of carbonyl (C=O) groups is 1. The Hall–Kier alpha value is -2.84. The van der Waals surface area contributed by atoms with Gasteiger partial charge < -0.3 is 13.9 Å². The van der Waals surface area contributed by atoms with Crippen LogP contribution in [0.3, 0.4) is 0 Å². The molecule has 0 aliphatic carbocycles. The minimum atomic E-state index is 0.129. The summed E-state index contributed by atoms with van der Waals surface area (Å²) < 4.78 is 7.85. The molecule has 0 atom stereocenters. The zero-order chi connectivity index (χ0) is 20.5. The second-order valence-electron chi connectivity index (χ2n) is 7.47. The second-order valence-corrected chi connectivity index (χ2v) is 8.40. The average molecular weight is 422 g/mol. The quantitative estimate of drug-likeness (QED) is 0.461. The monoisotopic (exact) mass is 421 g/mol. The number of amides is 1. The van der Waals surface area contributed by atoms with Crippen LogP contribution in [0.4, 0.5) is 0 Å². The molecule has 7 nitrogen and oxygen atoms in total. The summed E-state index contributed by atoms with van der Waals surface area (Å²) in [6, 6.07) is 15.8. The molecule has 0 radical (unpaired) electrons. The number of hydrogen-bond acceptors (Lipinski definition) is 6. The van der Waals surface area contributed by atoms with Gasteiger partial charge in [-0.3, -0.25) is 9.69 Å². The first kappa shape index (κ1) is 19.1. The van der Waals surface area contributed by atoms with Gasteiger partial charge in [0, 0.05) is 33.2 Å². The lowest BCUT2D eigenvalue weighted by Crippen LogP contribution is -2.49. The smallest absolute Gasteiger partial charge is 0.257 e. The van der Waals surface area contributed by atoms with E-state index in [4.69, 9.17) is 9.40 Å². The van der Waals surface area contributed by atoms with Crippen LogP contribution in [-0.2, 0) is 18.4 Å². The SMILES string of the molecule is Cn1c(CN2CCN(C(=O)CSc3nc4ccccc4o3)CC2)nc2ccccc21. The molecule has 1 fully saturated rings. The fourth-order valence-corrected chi connectivity index (χ4v) is 4.56. The molecule has 154 valence electrons. The molecular formula is C22H23N5O2S. The van der Waals surface area contributed by atoms with Gasteiger partial charge >= 0.3 is 0 Å². The topological polar surface area (TPSA) is 67.4 Å². The first-order chi connectivity index (χ1) is 14.7. The van der Waals surface area contributed by atoms with E-state index < -0.39 is 0 Å². The maximum atomic E-state index is 12.6. The Morgan fingerprint density at radius 1 is 1.00 bits per heavy atom. The number of thioether (sulfide) groups is 1. The molecule has 0 saturated carbocycles. The number of imidazole rings is 1.